The Bertz CT molecular complexity index is 979. The SMILES string of the molecule is CCCCCc1cccc(C2=C(CCCC)C(CCCC)=C(c3cccc(CCCCC)c3)[N+]2=[N-])c1.[Pd]. The largest absolute Gasteiger partial charge is 0.493 e. The van der Waals surface area contributed by atoms with E-state index in [1.807, 2.05) is 0 Å². The van der Waals surface area contributed by atoms with Crippen molar-refractivity contribution in [3.05, 3.63) is 87.5 Å². The van der Waals surface area contributed by atoms with Crippen molar-refractivity contribution < 1.29 is 25.1 Å². The zero-order valence-corrected chi connectivity index (χ0v) is 25.3. The first kappa shape index (κ1) is 31.4. The van der Waals surface area contributed by atoms with Crippen LogP contribution in [0.5, 0.6) is 0 Å². The molecule has 3 heteroatoms. The molecule has 3 rings (SSSR count). The van der Waals surface area contributed by atoms with Crippen molar-refractivity contribution >= 4 is 11.4 Å². The third kappa shape index (κ3) is 8.59. The maximum atomic E-state index is 11.8. The molecule has 0 aromatic heterocycles. The summed E-state index contributed by atoms with van der Waals surface area (Å²) in [6.07, 6.45) is 16.3. The van der Waals surface area contributed by atoms with E-state index in [1.165, 1.54) is 60.8 Å². The van der Waals surface area contributed by atoms with Crippen LogP contribution in [0.25, 0.3) is 16.9 Å². The van der Waals surface area contributed by atoms with Crippen LogP contribution in [0, 0.1) is 0 Å². The van der Waals surface area contributed by atoms with Gasteiger partial charge in [-0.05, 0) is 86.8 Å². The van der Waals surface area contributed by atoms with Gasteiger partial charge in [-0.15, -0.1) is 0 Å². The summed E-state index contributed by atoms with van der Waals surface area (Å²) in [4.78, 5) is 0. The Kier molecular flexibility index (Phi) is 14.3. The Morgan fingerprint density at radius 2 is 0.946 bits per heavy atom. The first-order valence-electron chi connectivity index (χ1n) is 14.8. The molecule has 0 N–H and O–H groups in total. The van der Waals surface area contributed by atoms with Crippen LogP contribution in [0.4, 0.5) is 0 Å². The van der Waals surface area contributed by atoms with Gasteiger partial charge in [0.25, 0.3) is 0 Å². The maximum absolute atomic E-state index is 11.8. The molecule has 0 aliphatic carbocycles. The Hall–Kier alpha value is -1.82. The Morgan fingerprint density at radius 1 is 0.541 bits per heavy atom. The number of rotatable bonds is 16. The van der Waals surface area contributed by atoms with Crippen LogP contribution >= 0.6 is 0 Å². The number of unbranched alkanes of at least 4 members (excludes halogenated alkanes) is 6. The summed E-state index contributed by atoms with van der Waals surface area (Å²) in [5, 5.41) is 0. The van der Waals surface area contributed by atoms with Crippen molar-refractivity contribution in [1.82, 2.24) is 0 Å². The summed E-state index contributed by atoms with van der Waals surface area (Å²) in [5.41, 5.74) is 21.6. The van der Waals surface area contributed by atoms with Gasteiger partial charge in [-0.1, -0.05) is 90.5 Å². The van der Waals surface area contributed by atoms with E-state index in [2.05, 4.69) is 76.2 Å². The molecule has 1 aliphatic rings. The van der Waals surface area contributed by atoms with Gasteiger partial charge in [-0.2, -0.15) is 0 Å². The summed E-state index contributed by atoms with van der Waals surface area (Å²) >= 11 is 0. The van der Waals surface area contributed by atoms with Crippen molar-refractivity contribution in [2.24, 2.45) is 0 Å². The first-order chi connectivity index (χ1) is 17.6. The molecule has 0 atom stereocenters. The average molecular weight is 591 g/mol. The van der Waals surface area contributed by atoms with Gasteiger partial charge < -0.3 is 5.53 Å². The summed E-state index contributed by atoms with van der Waals surface area (Å²) < 4.78 is 1.55. The predicted octanol–water partition coefficient (Wildman–Crippen LogP) is 10.7. The smallest absolute Gasteiger partial charge is 0.211 e. The van der Waals surface area contributed by atoms with Crippen molar-refractivity contribution in [2.75, 3.05) is 0 Å². The Morgan fingerprint density at radius 3 is 1.32 bits per heavy atom. The monoisotopic (exact) mass is 590 g/mol. The molecule has 1 heterocycles. The molecule has 0 bridgehead atoms. The van der Waals surface area contributed by atoms with Gasteiger partial charge in [0.1, 0.15) is 0 Å². The molecule has 1 aliphatic heterocycles. The van der Waals surface area contributed by atoms with Crippen molar-refractivity contribution in [3.63, 3.8) is 0 Å². The van der Waals surface area contributed by atoms with E-state index in [4.69, 9.17) is 0 Å². The van der Waals surface area contributed by atoms with Crippen LogP contribution in [-0.4, -0.2) is 4.70 Å². The molecule has 0 saturated heterocycles. The molecular formula is C34H48N2Pd. The number of hydrogen-bond acceptors (Lipinski definition) is 0. The Balaban J connectivity index is 0.00000481. The molecule has 2 aromatic carbocycles. The second-order valence-electron chi connectivity index (χ2n) is 10.5. The van der Waals surface area contributed by atoms with E-state index in [0.717, 1.165) is 73.9 Å². The average Bonchev–Trinajstić information content (AvgIpc) is 3.17. The van der Waals surface area contributed by atoms with Crippen LogP contribution in [0.3, 0.4) is 0 Å². The third-order valence-corrected chi connectivity index (χ3v) is 7.46. The van der Waals surface area contributed by atoms with Gasteiger partial charge in [0.2, 0.25) is 11.4 Å². The van der Waals surface area contributed by atoms with E-state index in [9.17, 15) is 5.53 Å². The maximum Gasteiger partial charge on any atom is 0.211 e. The van der Waals surface area contributed by atoms with Crippen LogP contribution in [0.1, 0.15) is 127 Å². The molecule has 204 valence electrons. The zero-order valence-electron chi connectivity index (χ0n) is 23.7. The standard InChI is InChI=1S/C34H48N2.Pd/c1-5-9-13-17-27-19-15-21-29(25-27)33-31(23-11-7-3)32(24-12-8-4)34(36(33)35)30-22-16-20-28(26-30)18-14-10-6-2;/h15-16,19-22,25-26H,5-14,17-18,23-24H2,1-4H3;. The van der Waals surface area contributed by atoms with Gasteiger partial charge in [-0.25, -0.2) is 4.70 Å². The van der Waals surface area contributed by atoms with Crippen LogP contribution in [0.15, 0.2) is 59.7 Å². The molecule has 0 saturated carbocycles. The molecule has 2 nitrogen and oxygen atoms in total. The topological polar surface area (TPSA) is 25.3 Å². The number of benzene rings is 2. The molecule has 0 radical (unpaired) electrons. The van der Waals surface area contributed by atoms with Crippen molar-refractivity contribution in [3.8, 4) is 0 Å². The molecule has 37 heavy (non-hydrogen) atoms. The Labute approximate surface area is 240 Å². The number of aryl methyl sites for hydroxylation is 2. The minimum Gasteiger partial charge on any atom is -0.493 e. The van der Waals surface area contributed by atoms with E-state index in [-0.39, 0.29) is 20.4 Å². The quantitative estimate of drug-likeness (QED) is 0.106. The second-order valence-corrected chi connectivity index (χ2v) is 10.5. The fraction of sp³-hybridized carbons (Fsp3) is 0.529. The normalized spacial score (nSPS) is 13.5. The van der Waals surface area contributed by atoms with Crippen LogP contribution in [0.2, 0.25) is 0 Å². The van der Waals surface area contributed by atoms with Crippen LogP contribution in [-0.2, 0) is 33.3 Å². The molecule has 0 amide bonds. The van der Waals surface area contributed by atoms with Crippen molar-refractivity contribution in [2.45, 2.75) is 118 Å². The third-order valence-electron chi connectivity index (χ3n) is 7.46. The van der Waals surface area contributed by atoms with Gasteiger partial charge in [0, 0.05) is 42.7 Å². The number of nitrogens with zero attached hydrogens (tertiary/aromatic N) is 2. The first-order valence-corrected chi connectivity index (χ1v) is 14.8. The van der Waals surface area contributed by atoms with Gasteiger partial charge >= 0.3 is 0 Å². The minimum absolute atomic E-state index is 0. The predicted molar refractivity (Wildman–Crippen MR) is 156 cm³/mol. The summed E-state index contributed by atoms with van der Waals surface area (Å²) in [6, 6.07) is 17.9. The molecule has 0 unspecified atom stereocenters. The molecule has 0 fully saturated rings. The minimum atomic E-state index is 0. The summed E-state index contributed by atoms with van der Waals surface area (Å²) in [6.45, 7) is 9.03. The number of hydrogen-bond donors (Lipinski definition) is 0. The van der Waals surface area contributed by atoms with Gasteiger partial charge in [0.05, 0.1) is 0 Å². The van der Waals surface area contributed by atoms with E-state index >= 15 is 0 Å². The van der Waals surface area contributed by atoms with Gasteiger partial charge in [-0.3, -0.25) is 0 Å². The van der Waals surface area contributed by atoms with Crippen LogP contribution < -0.4 is 0 Å². The molecule has 0 spiro atoms. The number of allylic oxidation sites excluding steroid dienone is 2. The van der Waals surface area contributed by atoms with E-state index < -0.39 is 0 Å². The van der Waals surface area contributed by atoms with E-state index in [1.54, 1.807) is 4.70 Å². The fourth-order valence-corrected chi connectivity index (χ4v) is 5.40. The summed E-state index contributed by atoms with van der Waals surface area (Å²) in [5.74, 6) is 0. The van der Waals surface area contributed by atoms with Crippen molar-refractivity contribution in [1.29, 1.82) is 0 Å². The second kappa shape index (κ2) is 16.9. The van der Waals surface area contributed by atoms with Gasteiger partial charge in [0.15, 0.2) is 0 Å². The molecule has 2 aromatic rings. The zero-order chi connectivity index (χ0) is 25.8. The molecular weight excluding hydrogens is 543 g/mol. The summed E-state index contributed by atoms with van der Waals surface area (Å²) in [7, 11) is 0. The van der Waals surface area contributed by atoms with E-state index in [0.29, 0.717) is 0 Å². The fourth-order valence-electron chi connectivity index (χ4n) is 5.40.